The number of carbonyl (C=O) groups excluding carboxylic acids is 1. The highest BCUT2D eigenvalue weighted by Crippen LogP contribution is 2.32. The standard InChI is InChI=1S/C18H21N3O3/c1-21(2)10-13-3-5-15(19)14(7-13)18(22)20-9-12-4-6-16-17(8-12)24-11-23-16/h3-8H,9-11,19H2,1-2H3,(H,20,22). The van der Waals surface area contributed by atoms with Crippen LogP contribution in [0.4, 0.5) is 5.69 Å². The van der Waals surface area contributed by atoms with Crippen molar-refractivity contribution in [3.8, 4) is 11.5 Å². The van der Waals surface area contributed by atoms with E-state index >= 15 is 0 Å². The molecule has 3 N–H and O–H groups in total. The number of carbonyl (C=O) groups is 1. The second-order valence-corrected chi connectivity index (χ2v) is 6.03. The zero-order valence-corrected chi connectivity index (χ0v) is 13.8. The molecule has 1 amide bonds. The van der Waals surface area contributed by atoms with Crippen molar-refractivity contribution in [1.29, 1.82) is 0 Å². The molecule has 2 aromatic rings. The second-order valence-electron chi connectivity index (χ2n) is 6.03. The Morgan fingerprint density at radius 1 is 1.12 bits per heavy atom. The van der Waals surface area contributed by atoms with Gasteiger partial charge in [0.05, 0.1) is 5.56 Å². The van der Waals surface area contributed by atoms with E-state index in [2.05, 4.69) is 5.32 Å². The molecule has 0 aromatic heterocycles. The number of nitrogens with one attached hydrogen (secondary N) is 1. The molecule has 0 aliphatic carbocycles. The predicted molar refractivity (Wildman–Crippen MR) is 92.0 cm³/mol. The number of hydrogen-bond donors (Lipinski definition) is 2. The van der Waals surface area contributed by atoms with E-state index in [1.165, 1.54) is 0 Å². The van der Waals surface area contributed by atoms with Crippen molar-refractivity contribution in [2.75, 3.05) is 26.6 Å². The summed E-state index contributed by atoms with van der Waals surface area (Å²) in [5.41, 5.74) is 8.91. The number of nitrogen functional groups attached to an aromatic ring is 1. The van der Waals surface area contributed by atoms with Gasteiger partial charge in [0.2, 0.25) is 6.79 Å². The second kappa shape index (κ2) is 6.80. The Hall–Kier alpha value is -2.73. The molecule has 0 radical (unpaired) electrons. The fourth-order valence-corrected chi connectivity index (χ4v) is 2.59. The molecule has 0 fully saturated rings. The minimum Gasteiger partial charge on any atom is -0.454 e. The van der Waals surface area contributed by atoms with Gasteiger partial charge in [-0.05, 0) is 49.5 Å². The molecule has 6 nitrogen and oxygen atoms in total. The van der Waals surface area contributed by atoms with Gasteiger partial charge in [-0.25, -0.2) is 0 Å². The average molecular weight is 327 g/mol. The largest absolute Gasteiger partial charge is 0.454 e. The van der Waals surface area contributed by atoms with Crippen molar-refractivity contribution in [3.05, 3.63) is 53.1 Å². The summed E-state index contributed by atoms with van der Waals surface area (Å²) in [5, 5.41) is 2.90. The molecule has 0 spiro atoms. The molecule has 2 aromatic carbocycles. The first-order valence-corrected chi connectivity index (χ1v) is 7.73. The SMILES string of the molecule is CN(C)Cc1ccc(N)c(C(=O)NCc2ccc3c(c2)OCO3)c1. The van der Waals surface area contributed by atoms with E-state index in [0.29, 0.717) is 23.5 Å². The molecule has 24 heavy (non-hydrogen) atoms. The first kappa shape index (κ1) is 16.1. The van der Waals surface area contributed by atoms with E-state index in [0.717, 1.165) is 23.4 Å². The molecular weight excluding hydrogens is 306 g/mol. The van der Waals surface area contributed by atoms with E-state index in [4.69, 9.17) is 15.2 Å². The predicted octanol–water partition coefficient (Wildman–Crippen LogP) is 1.99. The fraction of sp³-hybridized carbons (Fsp3) is 0.278. The monoisotopic (exact) mass is 327 g/mol. The Morgan fingerprint density at radius 3 is 2.67 bits per heavy atom. The van der Waals surface area contributed by atoms with Crippen LogP contribution in [0.1, 0.15) is 21.5 Å². The topological polar surface area (TPSA) is 76.8 Å². The van der Waals surface area contributed by atoms with E-state index in [-0.39, 0.29) is 12.7 Å². The number of amides is 1. The highest BCUT2D eigenvalue weighted by atomic mass is 16.7. The highest BCUT2D eigenvalue weighted by molar-refractivity contribution is 5.99. The Morgan fingerprint density at radius 2 is 1.88 bits per heavy atom. The van der Waals surface area contributed by atoms with Gasteiger partial charge in [-0.2, -0.15) is 0 Å². The number of benzene rings is 2. The molecule has 126 valence electrons. The van der Waals surface area contributed by atoms with Gasteiger partial charge in [0.1, 0.15) is 0 Å². The van der Waals surface area contributed by atoms with E-state index < -0.39 is 0 Å². The number of anilines is 1. The van der Waals surface area contributed by atoms with Crippen molar-refractivity contribution < 1.29 is 14.3 Å². The lowest BCUT2D eigenvalue weighted by molar-refractivity contribution is 0.0951. The zero-order valence-electron chi connectivity index (χ0n) is 13.8. The molecule has 1 heterocycles. The summed E-state index contributed by atoms with van der Waals surface area (Å²) in [5.74, 6) is 1.24. The minimum atomic E-state index is -0.189. The maximum Gasteiger partial charge on any atom is 0.253 e. The molecule has 1 aliphatic rings. The maximum atomic E-state index is 12.4. The van der Waals surface area contributed by atoms with Gasteiger partial charge in [0.25, 0.3) is 5.91 Å². The minimum absolute atomic E-state index is 0.189. The van der Waals surface area contributed by atoms with Crippen molar-refractivity contribution in [1.82, 2.24) is 10.2 Å². The van der Waals surface area contributed by atoms with Gasteiger partial charge in [-0.1, -0.05) is 12.1 Å². The average Bonchev–Trinajstić information content (AvgIpc) is 3.01. The number of ether oxygens (including phenoxy) is 2. The summed E-state index contributed by atoms with van der Waals surface area (Å²) in [6, 6.07) is 11.2. The quantitative estimate of drug-likeness (QED) is 0.821. The maximum absolute atomic E-state index is 12.4. The van der Waals surface area contributed by atoms with Gasteiger partial charge < -0.3 is 25.4 Å². The third-order valence-corrected chi connectivity index (χ3v) is 3.75. The Balaban J connectivity index is 1.68. The molecule has 0 unspecified atom stereocenters. The van der Waals surface area contributed by atoms with Crippen LogP contribution in [-0.4, -0.2) is 31.7 Å². The highest BCUT2D eigenvalue weighted by Gasteiger charge is 2.14. The number of hydrogen-bond acceptors (Lipinski definition) is 5. The van der Waals surface area contributed by atoms with Crippen LogP contribution in [0, 0.1) is 0 Å². The molecule has 3 rings (SSSR count). The van der Waals surface area contributed by atoms with Crippen LogP contribution in [-0.2, 0) is 13.1 Å². The molecule has 0 saturated carbocycles. The lowest BCUT2D eigenvalue weighted by Crippen LogP contribution is -2.24. The molecule has 0 atom stereocenters. The summed E-state index contributed by atoms with van der Waals surface area (Å²) in [4.78, 5) is 14.5. The third kappa shape index (κ3) is 3.60. The van der Waals surface area contributed by atoms with Crippen LogP contribution >= 0.6 is 0 Å². The number of nitrogens with zero attached hydrogens (tertiary/aromatic N) is 1. The number of fused-ring (bicyclic) bond motifs is 1. The van der Waals surface area contributed by atoms with E-state index in [9.17, 15) is 4.79 Å². The molecular formula is C18H21N3O3. The van der Waals surface area contributed by atoms with Gasteiger partial charge >= 0.3 is 0 Å². The van der Waals surface area contributed by atoms with Crippen molar-refractivity contribution in [2.24, 2.45) is 0 Å². The third-order valence-electron chi connectivity index (χ3n) is 3.75. The first-order chi connectivity index (χ1) is 11.5. The molecule has 1 aliphatic heterocycles. The van der Waals surface area contributed by atoms with Crippen LogP contribution in [0.15, 0.2) is 36.4 Å². The van der Waals surface area contributed by atoms with Crippen LogP contribution in [0.5, 0.6) is 11.5 Å². The van der Waals surface area contributed by atoms with Crippen molar-refractivity contribution in [3.63, 3.8) is 0 Å². The molecule has 0 saturated heterocycles. The van der Waals surface area contributed by atoms with Crippen molar-refractivity contribution in [2.45, 2.75) is 13.1 Å². The number of rotatable bonds is 5. The summed E-state index contributed by atoms with van der Waals surface area (Å²) in [7, 11) is 3.96. The summed E-state index contributed by atoms with van der Waals surface area (Å²) < 4.78 is 10.6. The Kier molecular flexibility index (Phi) is 4.57. The van der Waals surface area contributed by atoms with Gasteiger partial charge in [0.15, 0.2) is 11.5 Å². The fourth-order valence-electron chi connectivity index (χ4n) is 2.59. The normalized spacial score (nSPS) is 12.5. The summed E-state index contributed by atoms with van der Waals surface area (Å²) in [6.07, 6.45) is 0. The van der Waals surface area contributed by atoms with Crippen LogP contribution in [0.3, 0.4) is 0 Å². The first-order valence-electron chi connectivity index (χ1n) is 7.73. The van der Waals surface area contributed by atoms with Gasteiger partial charge in [-0.3, -0.25) is 4.79 Å². The van der Waals surface area contributed by atoms with Crippen LogP contribution in [0.2, 0.25) is 0 Å². The van der Waals surface area contributed by atoms with Crippen molar-refractivity contribution >= 4 is 11.6 Å². The van der Waals surface area contributed by atoms with Crippen LogP contribution in [0.25, 0.3) is 0 Å². The Bertz CT molecular complexity index is 759. The lowest BCUT2D eigenvalue weighted by Gasteiger charge is -2.13. The van der Waals surface area contributed by atoms with Crippen LogP contribution < -0.4 is 20.5 Å². The lowest BCUT2D eigenvalue weighted by atomic mass is 10.1. The van der Waals surface area contributed by atoms with Gasteiger partial charge in [-0.15, -0.1) is 0 Å². The zero-order chi connectivity index (χ0) is 17.1. The van der Waals surface area contributed by atoms with Gasteiger partial charge in [0, 0.05) is 18.8 Å². The Labute approximate surface area is 141 Å². The summed E-state index contributed by atoms with van der Waals surface area (Å²) in [6.45, 7) is 1.38. The number of nitrogens with two attached hydrogens (primary N) is 1. The smallest absolute Gasteiger partial charge is 0.253 e. The molecule has 6 heteroatoms. The van der Waals surface area contributed by atoms with E-state index in [1.54, 1.807) is 6.07 Å². The van der Waals surface area contributed by atoms with E-state index in [1.807, 2.05) is 49.3 Å². The summed E-state index contributed by atoms with van der Waals surface area (Å²) >= 11 is 0. The molecule has 0 bridgehead atoms.